The zero-order valence-corrected chi connectivity index (χ0v) is 27.0. The summed E-state index contributed by atoms with van der Waals surface area (Å²) in [7, 11) is -4.01. The Balaban J connectivity index is 0. The van der Waals surface area contributed by atoms with Crippen LogP contribution >= 0.6 is 0 Å². The van der Waals surface area contributed by atoms with E-state index >= 15 is 0 Å². The SMILES string of the molecule is CCCCCCCCCCCCc1cccc(CS(=O)(=O)O)c1CCCCCCCCCCCC.[H-].[Na+]. The van der Waals surface area contributed by atoms with Gasteiger partial charge in [-0.05, 0) is 42.4 Å². The number of unbranched alkanes of at least 4 members (excludes halogenated alkanes) is 18. The fourth-order valence-electron chi connectivity index (χ4n) is 5.17. The Morgan fingerprint density at radius 2 is 0.944 bits per heavy atom. The molecule has 0 aromatic heterocycles. The van der Waals surface area contributed by atoms with Crippen molar-refractivity contribution in [1.82, 2.24) is 0 Å². The molecular formula is C31H57NaO3S. The third-order valence-corrected chi connectivity index (χ3v) is 7.96. The van der Waals surface area contributed by atoms with Crippen molar-refractivity contribution in [3.8, 4) is 0 Å². The van der Waals surface area contributed by atoms with E-state index in [9.17, 15) is 13.0 Å². The molecule has 0 radical (unpaired) electrons. The quantitative estimate of drug-likeness (QED) is 0.0876. The Kier molecular flexibility index (Phi) is 24.3. The minimum absolute atomic E-state index is 0. The number of benzene rings is 1. The molecule has 0 amide bonds. The standard InChI is InChI=1S/C31H56O3S.Na.H/c1-3-5-7-9-11-13-15-17-19-21-24-29-25-23-26-30(28-35(32,33)34)31(29)27-22-20-18-16-14-12-10-8-6-4-2;;/h23,25-26H,3-22,24,27-28H2,1-2H3,(H,32,33,34);;/q;+1;-1. The van der Waals surface area contributed by atoms with Gasteiger partial charge in [0.15, 0.2) is 0 Å². The van der Waals surface area contributed by atoms with Crippen LogP contribution in [0.5, 0.6) is 0 Å². The molecule has 5 heteroatoms. The molecule has 1 N–H and O–H groups in total. The maximum atomic E-state index is 11.6. The van der Waals surface area contributed by atoms with Gasteiger partial charge in [0, 0.05) is 0 Å². The maximum Gasteiger partial charge on any atom is 1.00 e. The first-order valence-corrected chi connectivity index (χ1v) is 16.6. The van der Waals surface area contributed by atoms with Gasteiger partial charge in [0.2, 0.25) is 0 Å². The molecule has 0 heterocycles. The van der Waals surface area contributed by atoms with E-state index in [1.54, 1.807) is 0 Å². The van der Waals surface area contributed by atoms with Gasteiger partial charge in [0.05, 0.1) is 0 Å². The zero-order valence-electron chi connectivity index (χ0n) is 25.2. The maximum absolute atomic E-state index is 11.6. The van der Waals surface area contributed by atoms with Gasteiger partial charge < -0.3 is 1.43 Å². The van der Waals surface area contributed by atoms with Crippen LogP contribution in [0.4, 0.5) is 0 Å². The molecule has 3 nitrogen and oxygen atoms in total. The molecule has 1 rings (SSSR count). The number of hydrogen-bond donors (Lipinski definition) is 1. The summed E-state index contributed by atoms with van der Waals surface area (Å²) in [5, 5.41) is 0. The molecule has 0 saturated heterocycles. The zero-order chi connectivity index (χ0) is 25.6. The molecule has 0 atom stereocenters. The summed E-state index contributed by atoms with van der Waals surface area (Å²) in [6, 6.07) is 6.03. The second kappa shape index (κ2) is 24.2. The number of aryl methyl sites for hydroxylation is 1. The number of rotatable bonds is 24. The van der Waals surface area contributed by atoms with Gasteiger partial charge in [-0.2, -0.15) is 8.42 Å². The fraction of sp³-hybridized carbons (Fsp3) is 0.806. The van der Waals surface area contributed by atoms with Crippen molar-refractivity contribution >= 4 is 10.1 Å². The van der Waals surface area contributed by atoms with Crippen molar-refractivity contribution in [1.29, 1.82) is 0 Å². The van der Waals surface area contributed by atoms with Crippen molar-refractivity contribution in [2.45, 2.75) is 161 Å². The number of hydrogen-bond acceptors (Lipinski definition) is 2. The average molecular weight is 533 g/mol. The van der Waals surface area contributed by atoms with Gasteiger partial charge in [-0.1, -0.05) is 148 Å². The molecule has 36 heavy (non-hydrogen) atoms. The van der Waals surface area contributed by atoms with Gasteiger partial charge >= 0.3 is 29.6 Å². The van der Waals surface area contributed by atoms with Crippen LogP contribution in [0.1, 0.15) is 160 Å². The topological polar surface area (TPSA) is 54.4 Å². The second-order valence-corrected chi connectivity index (χ2v) is 12.1. The van der Waals surface area contributed by atoms with Crippen LogP contribution in [0, 0.1) is 0 Å². The van der Waals surface area contributed by atoms with E-state index in [0.29, 0.717) is 0 Å². The first kappa shape index (κ1) is 36.1. The van der Waals surface area contributed by atoms with Gasteiger partial charge in [-0.15, -0.1) is 0 Å². The predicted molar refractivity (Wildman–Crippen MR) is 154 cm³/mol. The first-order valence-electron chi connectivity index (χ1n) is 15.0. The summed E-state index contributed by atoms with van der Waals surface area (Å²) >= 11 is 0. The largest absolute Gasteiger partial charge is 1.00 e. The molecule has 0 fully saturated rings. The molecule has 206 valence electrons. The Morgan fingerprint density at radius 3 is 1.36 bits per heavy atom. The van der Waals surface area contributed by atoms with Crippen molar-refractivity contribution in [3.05, 3.63) is 34.9 Å². The normalized spacial score (nSPS) is 11.5. The minimum Gasteiger partial charge on any atom is -1.00 e. The van der Waals surface area contributed by atoms with E-state index in [4.69, 9.17) is 0 Å². The van der Waals surface area contributed by atoms with Gasteiger partial charge in [-0.3, -0.25) is 4.55 Å². The summed E-state index contributed by atoms with van der Waals surface area (Å²) < 4.78 is 32.7. The van der Waals surface area contributed by atoms with Crippen molar-refractivity contribution < 1.29 is 44.0 Å². The van der Waals surface area contributed by atoms with E-state index in [0.717, 1.165) is 31.2 Å². The van der Waals surface area contributed by atoms with Crippen molar-refractivity contribution in [3.63, 3.8) is 0 Å². The Hall–Kier alpha value is 0.130. The molecule has 1 aromatic carbocycles. The van der Waals surface area contributed by atoms with E-state index < -0.39 is 10.1 Å². The monoisotopic (exact) mass is 532 g/mol. The van der Waals surface area contributed by atoms with Crippen LogP contribution in [0.25, 0.3) is 0 Å². The molecule has 0 aliphatic carbocycles. The van der Waals surface area contributed by atoms with Crippen LogP contribution in [-0.4, -0.2) is 13.0 Å². The summed E-state index contributed by atoms with van der Waals surface area (Å²) in [5.41, 5.74) is 3.27. The molecule has 0 aliphatic heterocycles. The summed E-state index contributed by atoms with van der Waals surface area (Å²) in [5.74, 6) is -0.258. The van der Waals surface area contributed by atoms with Gasteiger partial charge in [0.25, 0.3) is 10.1 Å². The van der Waals surface area contributed by atoms with Gasteiger partial charge in [-0.25, -0.2) is 0 Å². The van der Waals surface area contributed by atoms with Crippen LogP contribution in [-0.2, 0) is 28.7 Å². The predicted octanol–water partition coefficient (Wildman–Crippen LogP) is 7.12. The molecule has 1 aromatic rings. The Bertz CT molecular complexity index is 740. The Morgan fingerprint density at radius 1 is 0.583 bits per heavy atom. The van der Waals surface area contributed by atoms with Crippen LogP contribution in [0.2, 0.25) is 0 Å². The molecule has 0 unspecified atom stereocenters. The van der Waals surface area contributed by atoms with Crippen LogP contribution < -0.4 is 29.6 Å². The summed E-state index contributed by atoms with van der Waals surface area (Å²) in [6.07, 6.45) is 28.2. The van der Waals surface area contributed by atoms with Crippen molar-refractivity contribution in [2.24, 2.45) is 0 Å². The minimum atomic E-state index is -4.01. The third kappa shape index (κ3) is 20.1. The molecular weight excluding hydrogens is 475 g/mol. The fourth-order valence-corrected chi connectivity index (χ4v) is 5.83. The molecule has 0 aliphatic rings. The summed E-state index contributed by atoms with van der Waals surface area (Å²) in [6.45, 7) is 4.53. The van der Waals surface area contributed by atoms with Gasteiger partial charge in [0.1, 0.15) is 5.75 Å². The Labute approximate surface area is 248 Å². The van der Waals surface area contributed by atoms with E-state index in [1.807, 2.05) is 12.1 Å². The van der Waals surface area contributed by atoms with Crippen molar-refractivity contribution in [2.75, 3.05) is 0 Å². The second-order valence-electron chi connectivity index (χ2n) is 10.6. The third-order valence-electron chi connectivity index (χ3n) is 7.29. The van der Waals surface area contributed by atoms with Crippen LogP contribution in [0.3, 0.4) is 0 Å². The van der Waals surface area contributed by atoms with E-state index in [2.05, 4.69) is 19.9 Å². The molecule has 0 bridgehead atoms. The molecule has 0 spiro atoms. The van der Waals surface area contributed by atoms with Crippen LogP contribution in [0.15, 0.2) is 18.2 Å². The van der Waals surface area contributed by atoms with E-state index in [-0.39, 0.29) is 36.7 Å². The first-order chi connectivity index (χ1) is 17.0. The average Bonchev–Trinajstić information content (AvgIpc) is 2.81. The van der Waals surface area contributed by atoms with E-state index in [1.165, 1.54) is 127 Å². The summed E-state index contributed by atoms with van der Waals surface area (Å²) in [4.78, 5) is 0. The smallest absolute Gasteiger partial charge is 1.00 e. The molecule has 0 saturated carbocycles.